The van der Waals surface area contributed by atoms with Crippen molar-refractivity contribution >= 4 is 29.2 Å². The normalized spacial score (nSPS) is 13.0. The van der Waals surface area contributed by atoms with E-state index in [1.54, 1.807) is 24.3 Å². The predicted octanol–water partition coefficient (Wildman–Crippen LogP) is 2.54. The molecule has 0 fully saturated rings. The SMILES string of the molecule is CC(C)Oc1ccc(C(=O)O)cc1NC(=O)CN1C(=O)COc2ccccc21. The molecule has 0 aromatic heterocycles. The van der Waals surface area contributed by atoms with Crippen molar-refractivity contribution in [2.24, 2.45) is 0 Å². The molecule has 0 saturated carbocycles. The quantitative estimate of drug-likeness (QED) is 0.793. The Morgan fingerprint density at radius 2 is 2.00 bits per heavy atom. The molecule has 2 aromatic carbocycles. The van der Waals surface area contributed by atoms with Crippen molar-refractivity contribution in [1.29, 1.82) is 0 Å². The highest BCUT2D eigenvalue weighted by Crippen LogP contribution is 2.32. The first kappa shape index (κ1) is 19.2. The largest absolute Gasteiger partial charge is 0.489 e. The molecule has 28 heavy (non-hydrogen) atoms. The van der Waals surface area contributed by atoms with Crippen LogP contribution >= 0.6 is 0 Å². The molecule has 0 saturated heterocycles. The van der Waals surface area contributed by atoms with Crippen molar-refractivity contribution in [3.8, 4) is 11.5 Å². The third-order valence-electron chi connectivity index (χ3n) is 3.97. The standard InChI is InChI=1S/C20H20N2O6/c1-12(2)28-16-8-7-13(20(25)26)9-14(16)21-18(23)10-22-15-5-3-4-6-17(15)27-11-19(22)24/h3-9,12H,10-11H2,1-2H3,(H,21,23)(H,25,26). The zero-order chi connectivity index (χ0) is 20.3. The number of nitrogens with one attached hydrogen (secondary N) is 1. The van der Waals surface area contributed by atoms with Crippen molar-refractivity contribution in [3.05, 3.63) is 48.0 Å². The Balaban J connectivity index is 1.82. The molecular weight excluding hydrogens is 364 g/mol. The van der Waals surface area contributed by atoms with Crippen LogP contribution in [-0.4, -0.2) is 42.1 Å². The third-order valence-corrected chi connectivity index (χ3v) is 3.97. The minimum absolute atomic E-state index is 0.0131. The van der Waals surface area contributed by atoms with Crippen LogP contribution in [0.4, 0.5) is 11.4 Å². The number of fused-ring (bicyclic) bond motifs is 1. The number of carbonyl (C=O) groups excluding carboxylic acids is 2. The zero-order valence-electron chi connectivity index (χ0n) is 15.5. The van der Waals surface area contributed by atoms with E-state index in [2.05, 4.69) is 5.32 Å². The molecule has 1 aliphatic heterocycles. The molecule has 0 radical (unpaired) electrons. The van der Waals surface area contributed by atoms with Crippen LogP contribution in [0.1, 0.15) is 24.2 Å². The Morgan fingerprint density at radius 3 is 2.71 bits per heavy atom. The van der Waals surface area contributed by atoms with Crippen molar-refractivity contribution in [2.75, 3.05) is 23.4 Å². The number of para-hydroxylation sites is 2. The monoisotopic (exact) mass is 384 g/mol. The van der Waals surface area contributed by atoms with Crippen LogP contribution in [0.3, 0.4) is 0 Å². The number of aromatic carboxylic acids is 1. The van der Waals surface area contributed by atoms with E-state index >= 15 is 0 Å². The van der Waals surface area contributed by atoms with E-state index in [-0.39, 0.29) is 36.4 Å². The molecule has 8 heteroatoms. The molecule has 2 amide bonds. The summed E-state index contributed by atoms with van der Waals surface area (Å²) in [6, 6.07) is 11.2. The van der Waals surface area contributed by atoms with Gasteiger partial charge in [-0.1, -0.05) is 12.1 Å². The highest BCUT2D eigenvalue weighted by molar-refractivity contribution is 6.05. The van der Waals surface area contributed by atoms with E-state index in [4.69, 9.17) is 9.47 Å². The van der Waals surface area contributed by atoms with Crippen LogP contribution < -0.4 is 19.7 Å². The summed E-state index contributed by atoms with van der Waals surface area (Å²) in [7, 11) is 0. The number of anilines is 2. The second-order valence-corrected chi connectivity index (χ2v) is 6.47. The average molecular weight is 384 g/mol. The summed E-state index contributed by atoms with van der Waals surface area (Å²) in [5.41, 5.74) is 0.749. The van der Waals surface area contributed by atoms with Gasteiger partial charge in [-0.15, -0.1) is 0 Å². The number of ether oxygens (including phenoxy) is 2. The predicted molar refractivity (Wildman–Crippen MR) is 102 cm³/mol. The topological polar surface area (TPSA) is 105 Å². The summed E-state index contributed by atoms with van der Waals surface area (Å²) in [4.78, 5) is 37.4. The molecule has 146 valence electrons. The lowest BCUT2D eigenvalue weighted by Gasteiger charge is -2.28. The summed E-state index contributed by atoms with van der Waals surface area (Å²) >= 11 is 0. The fourth-order valence-electron chi connectivity index (χ4n) is 2.78. The first-order valence-corrected chi connectivity index (χ1v) is 8.71. The highest BCUT2D eigenvalue weighted by atomic mass is 16.5. The Hall–Kier alpha value is -3.55. The number of amides is 2. The van der Waals surface area contributed by atoms with Crippen LogP contribution in [0.2, 0.25) is 0 Å². The van der Waals surface area contributed by atoms with E-state index in [1.807, 2.05) is 13.8 Å². The Bertz CT molecular complexity index is 925. The number of benzene rings is 2. The Kier molecular flexibility index (Phi) is 5.49. The highest BCUT2D eigenvalue weighted by Gasteiger charge is 2.27. The minimum atomic E-state index is -1.12. The smallest absolute Gasteiger partial charge is 0.335 e. The van der Waals surface area contributed by atoms with Gasteiger partial charge in [-0.3, -0.25) is 14.5 Å². The molecule has 0 spiro atoms. The van der Waals surface area contributed by atoms with Crippen molar-refractivity contribution in [1.82, 2.24) is 0 Å². The maximum Gasteiger partial charge on any atom is 0.335 e. The van der Waals surface area contributed by atoms with Crippen LogP contribution in [0.25, 0.3) is 0 Å². The van der Waals surface area contributed by atoms with Crippen molar-refractivity contribution in [2.45, 2.75) is 20.0 Å². The van der Waals surface area contributed by atoms with Gasteiger partial charge in [-0.2, -0.15) is 0 Å². The summed E-state index contributed by atoms with van der Waals surface area (Å²) in [6.45, 7) is 3.25. The van der Waals surface area contributed by atoms with Crippen molar-refractivity contribution < 1.29 is 29.0 Å². The van der Waals surface area contributed by atoms with Crippen LogP contribution in [0.15, 0.2) is 42.5 Å². The first-order chi connectivity index (χ1) is 13.3. The van der Waals surface area contributed by atoms with Gasteiger partial charge in [0.1, 0.15) is 18.0 Å². The molecule has 0 atom stereocenters. The van der Waals surface area contributed by atoms with Crippen molar-refractivity contribution in [3.63, 3.8) is 0 Å². The summed E-state index contributed by atoms with van der Waals surface area (Å²) < 4.78 is 11.0. The molecule has 2 aromatic rings. The molecule has 3 rings (SSSR count). The fourth-order valence-corrected chi connectivity index (χ4v) is 2.78. The van der Waals surface area contributed by atoms with E-state index in [0.717, 1.165) is 0 Å². The lowest BCUT2D eigenvalue weighted by Crippen LogP contribution is -2.43. The molecule has 8 nitrogen and oxygen atoms in total. The van der Waals surface area contributed by atoms with Crippen LogP contribution in [-0.2, 0) is 9.59 Å². The van der Waals surface area contributed by atoms with Crippen LogP contribution in [0.5, 0.6) is 11.5 Å². The maximum atomic E-state index is 12.6. The second-order valence-electron chi connectivity index (χ2n) is 6.47. The number of hydrogen-bond donors (Lipinski definition) is 2. The molecule has 0 unspecified atom stereocenters. The molecule has 2 N–H and O–H groups in total. The molecule has 0 aliphatic carbocycles. The average Bonchev–Trinajstić information content (AvgIpc) is 2.65. The molecule has 0 bridgehead atoms. The number of carboxylic acids is 1. The zero-order valence-corrected chi connectivity index (χ0v) is 15.5. The maximum absolute atomic E-state index is 12.6. The molecule has 1 aliphatic rings. The summed E-state index contributed by atoms with van der Waals surface area (Å²) in [6.07, 6.45) is -0.168. The molecule has 1 heterocycles. The van der Waals surface area contributed by atoms with E-state index in [1.165, 1.54) is 23.1 Å². The number of hydrogen-bond acceptors (Lipinski definition) is 5. The van der Waals surface area contributed by atoms with E-state index < -0.39 is 11.9 Å². The second kappa shape index (κ2) is 7.99. The summed E-state index contributed by atoms with van der Waals surface area (Å²) in [5, 5.41) is 11.8. The number of nitrogens with zero attached hydrogens (tertiary/aromatic N) is 1. The van der Waals surface area contributed by atoms with Gasteiger partial charge in [0.2, 0.25) is 5.91 Å². The van der Waals surface area contributed by atoms with Gasteiger partial charge in [-0.05, 0) is 44.2 Å². The van der Waals surface area contributed by atoms with Gasteiger partial charge < -0.3 is 19.9 Å². The van der Waals surface area contributed by atoms with Gasteiger partial charge in [-0.25, -0.2) is 4.79 Å². The fraction of sp³-hybridized carbons (Fsp3) is 0.250. The number of rotatable bonds is 6. The third kappa shape index (κ3) is 4.22. The van der Waals surface area contributed by atoms with E-state index in [0.29, 0.717) is 17.2 Å². The van der Waals surface area contributed by atoms with Crippen LogP contribution in [0, 0.1) is 0 Å². The van der Waals surface area contributed by atoms with Gasteiger partial charge in [0, 0.05) is 0 Å². The summed E-state index contributed by atoms with van der Waals surface area (Å²) in [5.74, 6) is -1.08. The lowest BCUT2D eigenvalue weighted by molar-refractivity contribution is -0.123. The first-order valence-electron chi connectivity index (χ1n) is 8.71. The Labute approximate surface area is 161 Å². The van der Waals surface area contributed by atoms with Gasteiger partial charge >= 0.3 is 5.97 Å². The Morgan fingerprint density at radius 1 is 1.25 bits per heavy atom. The lowest BCUT2D eigenvalue weighted by atomic mass is 10.1. The van der Waals surface area contributed by atoms with Gasteiger partial charge in [0.05, 0.1) is 23.0 Å². The van der Waals surface area contributed by atoms with E-state index in [9.17, 15) is 19.5 Å². The van der Waals surface area contributed by atoms with Gasteiger partial charge in [0.25, 0.3) is 5.91 Å². The number of carbonyl (C=O) groups is 3. The minimum Gasteiger partial charge on any atom is -0.489 e. The van der Waals surface area contributed by atoms with Gasteiger partial charge in [0.15, 0.2) is 6.61 Å². The number of carboxylic acid groups (broad SMARTS) is 1. The molecular formula is C20H20N2O6.